The Labute approximate surface area is 205 Å². The molecule has 2 heterocycles. The average Bonchev–Trinajstić information content (AvgIpc) is 3.65. The number of hydrogen-bond acceptors (Lipinski definition) is 6. The fraction of sp³-hybridized carbons (Fsp3) is 0.393. The van der Waals surface area contributed by atoms with E-state index in [0.717, 1.165) is 46.3 Å². The quantitative estimate of drug-likeness (QED) is 0.523. The van der Waals surface area contributed by atoms with Crippen LogP contribution in [-0.4, -0.2) is 54.6 Å². The van der Waals surface area contributed by atoms with Gasteiger partial charge in [-0.3, -0.25) is 19.5 Å². The minimum absolute atomic E-state index is 0.124. The van der Waals surface area contributed by atoms with E-state index < -0.39 is 6.04 Å². The molecule has 7 nitrogen and oxygen atoms in total. The molecule has 1 aromatic heterocycles. The predicted octanol–water partition coefficient (Wildman–Crippen LogP) is 3.98. The van der Waals surface area contributed by atoms with Crippen LogP contribution >= 0.6 is 0 Å². The average molecular weight is 474 g/mol. The van der Waals surface area contributed by atoms with Gasteiger partial charge in [0.25, 0.3) is 5.91 Å². The number of ether oxygens (including phenoxy) is 2. The van der Waals surface area contributed by atoms with Gasteiger partial charge >= 0.3 is 5.97 Å². The van der Waals surface area contributed by atoms with Crippen molar-refractivity contribution in [3.05, 3.63) is 70.9 Å². The summed E-state index contributed by atoms with van der Waals surface area (Å²) >= 11 is 0. The van der Waals surface area contributed by atoms with E-state index in [-0.39, 0.29) is 17.9 Å². The van der Waals surface area contributed by atoms with Gasteiger partial charge in [-0.25, -0.2) is 0 Å². The maximum atomic E-state index is 13.4. The van der Waals surface area contributed by atoms with Crippen LogP contribution in [0.15, 0.2) is 48.5 Å². The number of nitrogens with one attached hydrogen (secondary N) is 1. The van der Waals surface area contributed by atoms with Gasteiger partial charge in [0.2, 0.25) is 0 Å². The Bertz CT molecular complexity index is 1270. The molecule has 0 bridgehead atoms. The van der Waals surface area contributed by atoms with Gasteiger partial charge in [0.15, 0.2) is 0 Å². The molecule has 0 radical (unpaired) electrons. The van der Waals surface area contributed by atoms with Gasteiger partial charge in [-0.05, 0) is 55.5 Å². The third kappa shape index (κ3) is 4.86. The van der Waals surface area contributed by atoms with E-state index in [0.29, 0.717) is 31.0 Å². The van der Waals surface area contributed by atoms with Gasteiger partial charge in [-0.1, -0.05) is 30.3 Å². The Morgan fingerprint density at radius 2 is 1.91 bits per heavy atom. The topological polar surface area (TPSA) is 80.8 Å². The van der Waals surface area contributed by atoms with Crippen molar-refractivity contribution < 1.29 is 19.1 Å². The number of fused-ring (bicyclic) bond motifs is 1. The standard InChI is InChI=1S/C28H31N3O4/c1-17-12-18(8-11-26(17)34-2)15-31-16-20(13-25(31)28(33)35-3)29-27(32)22-14-24(19-9-10-19)30-23-7-5-4-6-21(22)23/h4-8,11-12,14,19-20,25H,9-10,13,15-16H2,1-3H3,(H,29,32)/t20-,25+/m1/s1. The number of aromatic nitrogens is 1. The van der Waals surface area contributed by atoms with E-state index in [1.54, 1.807) is 7.11 Å². The van der Waals surface area contributed by atoms with Gasteiger partial charge in [-0.15, -0.1) is 0 Å². The molecular formula is C28H31N3O4. The number of pyridine rings is 1. The molecule has 2 aliphatic rings. The molecule has 0 unspecified atom stereocenters. The number of carbonyl (C=O) groups excluding carboxylic acids is 2. The molecule has 1 aliphatic carbocycles. The second-order valence-corrected chi connectivity index (χ2v) is 9.56. The molecule has 2 atom stereocenters. The number of hydrogen-bond donors (Lipinski definition) is 1. The van der Waals surface area contributed by atoms with Gasteiger partial charge in [0.05, 0.1) is 25.3 Å². The summed E-state index contributed by atoms with van der Waals surface area (Å²) < 4.78 is 10.5. The molecule has 3 aromatic rings. The lowest BCUT2D eigenvalue weighted by molar-refractivity contribution is -0.146. The number of esters is 1. The smallest absolute Gasteiger partial charge is 0.323 e. The number of amides is 1. The number of aryl methyl sites for hydroxylation is 1. The van der Waals surface area contributed by atoms with Gasteiger partial charge in [0, 0.05) is 36.1 Å². The summed E-state index contributed by atoms with van der Waals surface area (Å²) in [7, 11) is 3.06. The molecular weight excluding hydrogens is 442 g/mol. The third-order valence-electron chi connectivity index (χ3n) is 7.03. The molecule has 182 valence electrons. The van der Waals surface area contributed by atoms with Crippen LogP contribution in [0.3, 0.4) is 0 Å². The van der Waals surface area contributed by atoms with Crippen LogP contribution in [0, 0.1) is 6.92 Å². The normalized spacial score (nSPS) is 20.1. The van der Waals surface area contributed by atoms with Gasteiger partial charge in [-0.2, -0.15) is 0 Å². The lowest BCUT2D eigenvalue weighted by Gasteiger charge is -2.22. The van der Waals surface area contributed by atoms with E-state index in [1.165, 1.54) is 7.11 Å². The van der Waals surface area contributed by atoms with Crippen LogP contribution in [0.1, 0.15) is 52.4 Å². The van der Waals surface area contributed by atoms with Crippen molar-refractivity contribution in [1.82, 2.24) is 15.2 Å². The van der Waals surface area contributed by atoms with Crippen molar-refractivity contribution in [2.75, 3.05) is 20.8 Å². The molecule has 1 aliphatic heterocycles. The highest BCUT2D eigenvalue weighted by molar-refractivity contribution is 6.06. The van der Waals surface area contributed by atoms with E-state index in [4.69, 9.17) is 14.5 Å². The van der Waals surface area contributed by atoms with Crippen LogP contribution < -0.4 is 10.1 Å². The number of nitrogens with zero attached hydrogens (tertiary/aromatic N) is 2. The first-order valence-corrected chi connectivity index (χ1v) is 12.1. The minimum Gasteiger partial charge on any atom is -0.496 e. The van der Waals surface area contributed by atoms with Crippen LogP contribution in [-0.2, 0) is 16.1 Å². The van der Waals surface area contributed by atoms with E-state index in [1.807, 2.05) is 49.4 Å². The summed E-state index contributed by atoms with van der Waals surface area (Å²) in [5.74, 6) is 0.878. The molecule has 35 heavy (non-hydrogen) atoms. The summed E-state index contributed by atoms with van der Waals surface area (Å²) in [6, 6.07) is 15.2. The number of para-hydroxylation sites is 1. The fourth-order valence-corrected chi connectivity index (χ4v) is 5.07. The lowest BCUT2D eigenvalue weighted by Crippen LogP contribution is -2.37. The van der Waals surface area contributed by atoms with Crippen molar-refractivity contribution in [2.45, 2.75) is 50.7 Å². The van der Waals surface area contributed by atoms with Crippen LogP contribution in [0.25, 0.3) is 10.9 Å². The summed E-state index contributed by atoms with van der Waals surface area (Å²) in [4.78, 5) is 32.9. The Morgan fingerprint density at radius 1 is 1.11 bits per heavy atom. The SMILES string of the molecule is COC(=O)[C@@H]1C[C@@H](NC(=O)c2cc(C3CC3)nc3ccccc23)CN1Cc1ccc(OC)c(C)c1. The first-order chi connectivity index (χ1) is 17.0. The number of likely N-dealkylation sites (tertiary alicyclic amines) is 1. The Kier molecular flexibility index (Phi) is 6.43. The van der Waals surface area contributed by atoms with Crippen LogP contribution in [0.4, 0.5) is 0 Å². The zero-order chi connectivity index (χ0) is 24.5. The first-order valence-electron chi connectivity index (χ1n) is 12.1. The second-order valence-electron chi connectivity index (χ2n) is 9.56. The Hall–Kier alpha value is -3.45. The molecule has 1 saturated carbocycles. The highest BCUT2D eigenvalue weighted by Crippen LogP contribution is 2.40. The van der Waals surface area contributed by atoms with Gasteiger partial charge < -0.3 is 14.8 Å². The fourth-order valence-electron chi connectivity index (χ4n) is 5.07. The van der Waals surface area contributed by atoms with Crippen LogP contribution in [0.5, 0.6) is 5.75 Å². The number of benzene rings is 2. The molecule has 0 spiro atoms. The largest absolute Gasteiger partial charge is 0.496 e. The molecule has 1 saturated heterocycles. The van der Waals surface area contributed by atoms with E-state index in [2.05, 4.69) is 16.3 Å². The van der Waals surface area contributed by atoms with Crippen molar-refractivity contribution in [3.63, 3.8) is 0 Å². The van der Waals surface area contributed by atoms with E-state index >= 15 is 0 Å². The number of rotatable bonds is 7. The van der Waals surface area contributed by atoms with Crippen molar-refractivity contribution in [2.24, 2.45) is 0 Å². The molecule has 5 rings (SSSR count). The van der Waals surface area contributed by atoms with Crippen molar-refractivity contribution in [1.29, 1.82) is 0 Å². The maximum absolute atomic E-state index is 13.4. The molecule has 1 N–H and O–H groups in total. The van der Waals surface area contributed by atoms with Crippen molar-refractivity contribution in [3.8, 4) is 5.75 Å². The summed E-state index contributed by atoms with van der Waals surface area (Å²) in [6.45, 7) is 3.15. The Balaban J connectivity index is 1.35. The molecule has 2 fully saturated rings. The van der Waals surface area contributed by atoms with Crippen LogP contribution in [0.2, 0.25) is 0 Å². The maximum Gasteiger partial charge on any atom is 0.323 e. The molecule has 7 heteroatoms. The Morgan fingerprint density at radius 3 is 2.63 bits per heavy atom. The molecule has 2 aromatic carbocycles. The lowest BCUT2D eigenvalue weighted by atomic mass is 10.0. The van der Waals surface area contributed by atoms with E-state index in [9.17, 15) is 9.59 Å². The highest BCUT2D eigenvalue weighted by atomic mass is 16.5. The summed E-state index contributed by atoms with van der Waals surface area (Å²) in [5.41, 5.74) is 4.61. The summed E-state index contributed by atoms with van der Waals surface area (Å²) in [5, 5.41) is 4.04. The monoisotopic (exact) mass is 473 g/mol. The number of carbonyl (C=O) groups is 2. The predicted molar refractivity (Wildman–Crippen MR) is 134 cm³/mol. The zero-order valence-corrected chi connectivity index (χ0v) is 20.4. The second kappa shape index (κ2) is 9.66. The highest BCUT2D eigenvalue weighted by Gasteiger charge is 2.38. The minimum atomic E-state index is -0.413. The van der Waals surface area contributed by atoms with Crippen molar-refractivity contribution >= 4 is 22.8 Å². The summed E-state index contributed by atoms with van der Waals surface area (Å²) in [6.07, 6.45) is 2.75. The first kappa shape index (κ1) is 23.3. The number of methoxy groups -OCH3 is 2. The molecule has 1 amide bonds. The third-order valence-corrected chi connectivity index (χ3v) is 7.03. The zero-order valence-electron chi connectivity index (χ0n) is 20.4. The van der Waals surface area contributed by atoms with Gasteiger partial charge in [0.1, 0.15) is 11.8 Å².